The fourth-order valence-corrected chi connectivity index (χ4v) is 2.29. The number of ether oxygens (including phenoxy) is 1. The quantitative estimate of drug-likeness (QED) is 0.681. The highest BCUT2D eigenvalue weighted by Gasteiger charge is 2.14. The van der Waals surface area contributed by atoms with E-state index in [0.717, 1.165) is 5.56 Å². The number of rotatable bonds is 8. The molecule has 7 heteroatoms. The number of nitrogens with zero attached hydrogens (tertiary/aromatic N) is 1. The zero-order valence-corrected chi connectivity index (χ0v) is 12.3. The largest absolute Gasteiger partial charge is 0.383 e. The topological polar surface area (TPSA) is 80.3 Å². The maximum absolute atomic E-state index is 11.8. The Kier molecular flexibility index (Phi) is 6.36. The van der Waals surface area contributed by atoms with Crippen LogP contribution in [-0.2, 0) is 21.3 Å². The van der Waals surface area contributed by atoms with Crippen LogP contribution in [0.5, 0.6) is 0 Å². The van der Waals surface area contributed by atoms with Crippen LogP contribution in [0.3, 0.4) is 0 Å². The normalized spacial score (nSPS) is 12.0. The van der Waals surface area contributed by atoms with Gasteiger partial charge in [-0.05, 0) is 11.6 Å². The van der Waals surface area contributed by atoms with Crippen LogP contribution in [0.1, 0.15) is 19.4 Å². The molecule has 0 radical (unpaired) electrons. The molecule has 0 aliphatic heterocycles. The molecule has 0 aliphatic rings. The Balaban J connectivity index is 2.64. The van der Waals surface area contributed by atoms with Crippen LogP contribution in [0, 0.1) is 0 Å². The zero-order chi connectivity index (χ0) is 14.3. The summed E-state index contributed by atoms with van der Waals surface area (Å²) in [6, 6.07) is 3.64. The summed E-state index contributed by atoms with van der Waals surface area (Å²) in [5.41, 5.74) is 0.949. The molecule has 0 atom stereocenters. The highest BCUT2D eigenvalue weighted by atomic mass is 32.2. The second kappa shape index (κ2) is 7.54. The van der Waals surface area contributed by atoms with Crippen LogP contribution in [0.2, 0.25) is 0 Å². The van der Waals surface area contributed by atoms with Crippen LogP contribution >= 0.6 is 0 Å². The van der Waals surface area contributed by atoms with Crippen molar-refractivity contribution in [3.63, 3.8) is 0 Å². The van der Waals surface area contributed by atoms with Gasteiger partial charge in [0.25, 0.3) is 10.0 Å². The van der Waals surface area contributed by atoms with Crippen molar-refractivity contribution >= 4 is 10.0 Å². The molecule has 0 saturated heterocycles. The first-order valence-corrected chi connectivity index (χ1v) is 7.61. The minimum absolute atomic E-state index is 0.0249. The molecule has 0 aromatic carbocycles. The van der Waals surface area contributed by atoms with E-state index in [0.29, 0.717) is 19.2 Å². The van der Waals surface area contributed by atoms with E-state index >= 15 is 0 Å². The smallest absolute Gasteiger partial charge is 0.258 e. The molecule has 1 aromatic heterocycles. The lowest BCUT2D eigenvalue weighted by Gasteiger charge is -2.09. The number of sulfonamides is 1. The van der Waals surface area contributed by atoms with Crippen molar-refractivity contribution in [1.29, 1.82) is 0 Å². The van der Waals surface area contributed by atoms with Gasteiger partial charge in [-0.1, -0.05) is 19.9 Å². The fraction of sp³-hybridized carbons (Fsp3) is 0.583. The van der Waals surface area contributed by atoms with E-state index in [1.807, 2.05) is 13.8 Å². The minimum atomic E-state index is -3.54. The molecule has 0 spiro atoms. The van der Waals surface area contributed by atoms with Gasteiger partial charge in [0.15, 0.2) is 5.03 Å². The highest BCUT2D eigenvalue weighted by molar-refractivity contribution is 7.89. The van der Waals surface area contributed by atoms with Crippen LogP contribution in [0.25, 0.3) is 0 Å². The minimum Gasteiger partial charge on any atom is -0.383 e. The predicted octanol–water partition coefficient (Wildman–Crippen LogP) is 0.504. The van der Waals surface area contributed by atoms with E-state index < -0.39 is 10.0 Å². The van der Waals surface area contributed by atoms with Crippen LogP contribution in [0.4, 0.5) is 0 Å². The summed E-state index contributed by atoms with van der Waals surface area (Å²) < 4.78 is 30.9. The summed E-state index contributed by atoms with van der Waals surface area (Å²) in [5, 5.41) is 3.27. The number of aromatic nitrogens is 1. The Morgan fingerprint density at radius 1 is 1.37 bits per heavy atom. The van der Waals surface area contributed by atoms with Gasteiger partial charge >= 0.3 is 0 Å². The molecule has 0 aliphatic carbocycles. The van der Waals surface area contributed by atoms with Crippen molar-refractivity contribution in [1.82, 2.24) is 15.0 Å². The van der Waals surface area contributed by atoms with E-state index in [1.165, 1.54) is 13.2 Å². The van der Waals surface area contributed by atoms with Crippen LogP contribution in [-0.4, -0.2) is 39.7 Å². The maximum atomic E-state index is 11.8. The highest BCUT2D eigenvalue weighted by Crippen LogP contribution is 2.06. The van der Waals surface area contributed by atoms with Crippen molar-refractivity contribution in [2.24, 2.45) is 0 Å². The molecule has 1 rings (SSSR count). The van der Waals surface area contributed by atoms with Crippen molar-refractivity contribution < 1.29 is 13.2 Å². The molecule has 0 saturated carbocycles. The first-order valence-electron chi connectivity index (χ1n) is 6.12. The van der Waals surface area contributed by atoms with E-state index in [2.05, 4.69) is 15.0 Å². The average Bonchev–Trinajstić information content (AvgIpc) is 2.37. The summed E-state index contributed by atoms with van der Waals surface area (Å²) in [4.78, 5) is 3.98. The first-order chi connectivity index (χ1) is 8.95. The maximum Gasteiger partial charge on any atom is 0.258 e. The van der Waals surface area contributed by atoms with E-state index in [1.54, 1.807) is 12.3 Å². The van der Waals surface area contributed by atoms with E-state index in [4.69, 9.17) is 4.74 Å². The SMILES string of the molecule is COCCNS(=O)(=O)c1ccc(CNC(C)C)cn1. The number of hydrogen-bond donors (Lipinski definition) is 2. The standard InChI is InChI=1S/C12H21N3O3S/c1-10(2)13-8-11-4-5-12(14-9-11)19(16,17)15-6-7-18-3/h4-5,9-10,13,15H,6-8H2,1-3H3. The Hall–Kier alpha value is -1.02. The number of hydrogen-bond acceptors (Lipinski definition) is 5. The molecule has 1 aromatic rings. The van der Waals surface area contributed by atoms with Crippen molar-refractivity contribution in [2.45, 2.75) is 31.5 Å². The van der Waals surface area contributed by atoms with Crippen molar-refractivity contribution in [3.8, 4) is 0 Å². The molecule has 0 fully saturated rings. The van der Waals surface area contributed by atoms with Crippen LogP contribution < -0.4 is 10.0 Å². The summed E-state index contributed by atoms with van der Waals surface area (Å²) in [6.45, 7) is 5.33. The Morgan fingerprint density at radius 2 is 2.11 bits per heavy atom. The second-order valence-electron chi connectivity index (χ2n) is 4.43. The van der Waals surface area contributed by atoms with Crippen LogP contribution in [0.15, 0.2) is 23.4 Å². The van der Waals surface area contributed by atoms with Gasteiger partial charge in [-0.3, -0.25) is 0 Å². The van der Waals surface area contributed by atoms with E-state index in [9.17, 15) is 8.42 Å². The van der Waals surface area contributed by atoms with Gasteiger partial charge in [-0.2, -0.15) is 0 Å². The number of methoxy groups -OCH3 is 1. The van der Waals surface area contributed by atoms with Gasteiger partial charge in [-0.25, -0.2) is 18.1 Å². The molecule has 2 N–H and O–H groups in total. The molecule has 0 amide bonds. The second-order valence-corrected chi connectivity index (χ2v) is 6.14. The van der Waals surface area contributed by atoms with Gasteiger partial charge in [0.05, 0.1) is 6.61 Å². The molecular formula is C12H21N3O3S. The van der Waals surface area contributed by atoms with Crippen molar-refractivity contribution in [3.05, 3.63) is 23.9 Å². The summed E-state index contributed by atoms with van der Waals surface area (Å²) >= 11 is 0. The third-order valence-corrected chi connectivity index (χ3v) is 3.76. The van der Waals surface area contributed by atoms with Gasteiger partial charge < -0.3 is 10.1 Å². The first kappa shape index (κ1) is 16.0. The summed E-state index contributed by atoms with van der Waals surface area (Å²) in [6.07, 6.45) is 1.57. The number of nitrogens with one attached hydrogen (secondary N) is 2. The molecule has 19 heavy (non-hydrogen) atoms. The molecule has 6 nitrogen and oxygen atoms in total. The molecule has 108 valence electrons. The molecule has 1 heterocycles. The van der Waals surface area contributed by atoms with Crippen molar-refractivity contribution in [2.75, 3.05) is 20.3 Å². The number of pyridine rings is 1. The fourth-order valence-electron chi connectivity index (χ4n) is 1.35. The van der Waals surface area contributed by atoms with Gasteiger partial charge in [-0.15, -0.1) is 0 Å². The average molecular weight is 287 g/mol. The zero-order valence-electron chi connectivity index (χ0n) is 11.5. The summed E-state index contributed by atoms with van der Waals surface area (Å²) in [5.74, 6) is 0. The molecule has 0 bridgehead atoms. The summed E-state index contributed by atoms with van der Waals surface area (Å²) in [7, 11) is -2.03. The monoisotopic (exact) mass is 287 g/mol. The predicted molar refractivity (Wildman–Crippen MR) is 73.3 cm³/mol. The van der Waals surface area contributed by atoms with Gasteiger partial charge in [0.1, 0.15) is 0 Å². The lowest BCUT2D eigenvalue weighted by Crippen LogP contribution is -2.28. The molecule has 0 unspecified atom stereocenters. The Morgan fingerprint density at radius 3 is 2.63 bits per heavy atom. The Bertz CT molecular complexity index is 471. The molecular weight excluding hydrogens is 266 g/mol. The Labute approximate surface area is 114 Å². The third kappa shape index (κ3) is 5.65. The third-order valence-electron chi connectivity index (χ3n) is 2.39. The lowest BCUT2D eigenvalue weighted by molar-refractivity contribution is 0.204. The van der Waals surface area contributed by atoms with Gasteiger partial charge in [0.2, 0.25) is 0 Å². The lowest BCUT2D eigenvalue weighted by atomic mass is 10.2. The van der Waals surface area contributed by atoms with Gasteiger partial charge in [0, 0.05) is 32.4 Å². The van der Waals surface area contributed by atoms with E-state index in [-0.39, 0.29) is 11.6 Å².